The lowest BCUT2D eigenvalue weighted by atomic mass is 9.67. The second-order valence-electron chi connectivity index (χ2n) is 14.7. The van der Waals surface area contributed by atoms with E-state index in [1.165, 1.54) is 38.8 Å². The van der Waals surface area contributed by atoms with Crippen molar-refractivity contribution >= 4 is 21.5 Å². The molecule has 2 heterocycles. The third-order valence-corrected chi connectivity index (χ3v) is 11.4. The van der Waals surface area contributed by atoms with Gasteiger partial charge in [0.2, 0.25) is 0 Å². The fourth-order valence-corrected chi connectivity index (χ4v) is 8.72. The van der Waals surface area contributed by atoms with E-state index < -0.39 is 5.41 Å². The maximum absolute atomic E-state index is 5.25. The Morgan fingerprint density at radius 3 is 1.56 bits per heavy atom. The monoisotopic (exact) mass is 726 g/mol. The highest BCUT2D eigenvalue weighted by Gasteiger charge is 2.46. The summed E-state index contributed by atoms with van der Waals surface area (Å²) in [5.74, 6) is 1.88. The zero-order chi connectivity index (χ0) is 37.8. The summed E-state index contributed by atoms with van der Waals surface area (Å²) in [7, 11) is 0. The van der Waals surface area contributed by atoms with Gasteiger partial charge in [-0.3, -0.25) is 4.98 Å². The van der Waals surface area contributed by atoms with Crippen molar-refractivity contribution < 1.29 is 0 Å². The van der Waals surface area contributed by atoms with E-state index in [2.05, 4.69) is 176 Å². The van der Waals surface area contributed by atoms with Gasteiger partial charge in [-0.05, 0) is 73.8 Å². The highest BCUT2D eigenvalue weighted by molar-refractivity contribution is 5.92. The van der Waals surface area contributed by atoms with Crippen LogP contribution in [0.2, 0.25) is 0 Å². The predicted molar refractivity (Wildman–Crippen MR) is 232 cm³/mol. The van der Waals surface area contributed by atoms with Gasteiger partial charge < -0.3 is 0 Å². The molecule has 0 N–H and O–H groups in total. The molecule has 0 amide bonds. The van der Waals surface area contributed by atoms with Crippen molar-refractivity contribution in [2.75, 3.05) is 0 Å². The van der Waals surface area contributed by atoms with Crippen molar-refractivity contribution in [1.29, 1.82) is 0 Å². The Bertz CT molecular complexity index is 3080. The normalized spacial score (nSPS) is 12.7. The Hall–Kier alpha value is -7.56. The van der Waals surface area contributed by atoms with Crippen LogP contribution in [0, 0.1) is 0 Å². The maximum Gasteiger partial charge on any atom is 0.164 e. The van der Waals surface area contributed by atoms with Crippen LogP contribution in [0.4, 0.5) is 0 Å². The molecule has 0 atom stereocenters. The van der Waals surface area contributed by atoms with Crippen molar-refractivity contribution in [2.45, 2.75) is 5.41 Å². The number of nitrogens with zero attached hydrogens (tertiary/aromatic N) is 4. The van der Waals surface area contributed by atoms with E-state index in [1.807, 2.05) is 30.5 Å². The van der Waals surface area contributed by atoms with Crippen LogP contribution in [0.25, 0.3) is 78.1 Å². The molecule has 0 saturated carbocycles. The van der Waals surface area contributed by atoms with E-state index in [0.29, 0.717) is 17.5 Å². The molecular formula is C53H34N4. The van der Waals surface area contributed by atoms with Crippen LogP contribution in [0.15, 0.2) is 206 Å². The van der Waals surface area contributed by atoms with Crippen LogP contribution in [-0.4, -0.2) is 19.9 Å². The lowest BCUT2D eigenvalue weighted by Crippen LogP contribution is -2.28. The molecule has 0 radical (unpaired) electrons. The number of aromatic nitrogens is 4. The van der Waals surface area contributed by atoms with Crippen LogP contribution in [0.3, 0.4) is 0 Å². The van der Waals surface area contributed by atoms with Crippen molar-refractivity contribution in [1.82, 2.24) is 19.9 Å². The molecule has 8 aromatic carbocycles. The van der Waals surface area contributed by atoms with Gasteiger partial charge >= 0.3 is 0 Å². The topological polar surface area (TPSA) is 51.6 Å². The zero-order valence-corrected chi connectivity index (χ0v) is 30.9. The average molecular weight is 727 g/mol. The number of rotatable bonds is 6. The molecule has 1 aliphatic carbocycles. The smallest absolute Gasteiger partial charge is 0.164 e. The van der Waals surface area contributed by atoms with Gasteiger partial charge in [0.15, 0.2) is 17.5 Å². The first-order valence-corrected chi connectivity index (χ1v) is 19.3. The SMILES string of the molecule is c1ccc(-c2nc(-c3ccc4c(c3)C(c3ccccc3)(c3ccccc3)c3ccccc3-4)nc(-c3ccc4ccc(-c5cc6ccccc6cn5)cc4c3)n2)cc1. The molecule has 0 fully saturated rings. The van der Waals surface area contributed by atoms with E-state index in [-0.39, 0.29) is 0 Å². The van der Waals surface area contributed by atoms with Crippen molar-refractivity contribution in [3.8, 4) is 56.5 Å². The predicted octanol–water partition coefficient (Wildman–Crippen LogP) is 12.6. The van der Waals surface area contributed by atoms with Crippen molar-refractivity contribution in [2.24, 2.45) is 0 Å². The standard InChI is InChI=1S/C53H34N4/c1-4-14-36(15-5-1)50-55-51(39-27-25-35-24-26-38(30-42(35)31-39)49-33-37-16-10-11-17-41(37)34-54-49)57-52(56-50)40-28-29-46-45-22-12-13-23-47(45)53(48(46)32-40,43-18-6-2-7-19-43)44-20-8-3-9-21-44/h1-34H. The number of pyridine rings is 1. The van der Waals surface area contributed by atoms with Gasteiger partial charge in [0.05, 0.1) is 11.1 Å². The lowest BCUT2D eigenvalue weighted by Gasteiger charge is -2.34. The third-order valence-electron chi connectivity index (χ3n) is 11.4. The van der Waals surface area contributed by atoms with Crippen molar-refractivity contribution in [3.63, 3.8) is 0 Å². The molecule has 11 rings (SSSR count). The summed E-state index contributed by atoms with van der Waals surface area (Å²) < 4.78 is 0. The summed E-state index contributed by atoms with van der Waals surface area (Å²) in [6.45, 7) is 0. The number of fused-ring (bicyclic) bond motifs is 5. The van der Waals surface area contributed by atoms with Crippen LogP contribution < -0.4 is 0 Å². The number of benzene rings is 8. The first kappa shape index (κ1) is 32.8. The first-order chi connectivity index (χ1) is 28.2. The molecule has 10 aromatic rings. The molecule has 57 heavy (non-hydrogen) atoms. The minimum atomic E-state index is -0.529. The van der Waals surface area contributed by atoms with Crippen LogP contribution in [-0.2, 0) is 5.41 Å². The summed E-state index contributed by atoms with van der Waals surface area (Å²) in [4.78, 5) is 20.4. The van der Waals surface area contributed by atoms with Gasteiger partial charge in [0.1, 0.15) is 0 Å². The minimum Gasteiger partial charge on any atom is -0.256 e. The quantitative estimate of drug-likeness (QED) is 0.171. The molecular weight excluding hydrogens is 693 g/mol. The van der Waals surface area contributed by atoms with Gasteiger partial charge in [-0.1, -0.05) is 176 Å². The Morgan fingerprint density at radius 2 is 0.842 bits per heavy atom. The van der Waals surface area contributed by atoms with Gasteiger partial charge in [-0.15, -0.1) is 0 Å². The second kappa shape index (κ2) is 13.3. The first-order valence-electron chi connectivity index (χ1n) is 19.3. The molecule has 0 saturated heterocycles. The van der Waals surface area contributed by atoms with E-state index in [4.69, 9.17) is 19.9 Å². The highest BCUT2D eigenvalue weighted by Crippen LogP contribution is 2.56. The molecule has 266 valence electrons. The average Bonchev–Trinajstić information content (AvgIpc) is 3.59. The Morgan fingerprint density at radius 1 is 0.316 bits per heavy atom. The molecule has 2 aromatic heterocycles. The summed E-state index contributed by atoms with van der Waals surface area (Å²) >= 11 is 0. The Kier molecular flexibility index (Phi) is 7.68. The molecule has 0 spiro atoms. The third kappa shape index (κ3) is 5.45. The van der Waals surface area contributed by atoms with Gasteiger partial charge in [-0.2, -0.15) is 0 Å². The van der Waals surface area contributed by atoms with E-state index >= 15 is 0 Å². The maximum atomic E-state index is 5.25. The molecule has 0 aliphatic heterocycles. The summed E-state index contributed by atoms with van der Waals surface area (Å²) in [5, 5.41) is 4.52. The summed E-state index contributed by atoms with van der Waals surface area (Å²) in [6.07, 6.45) is 1.95. The summed E-state index contributed by atoms with van der Waals surface area (Å²) in [5.41, 5.74) is 11.6. The highest BCUT2D eigenvalue weighted by atomic mass is 15.0. The Balaban J connectivity index is 1.09. The van der Waals surface area contributed by atoms with Gasteiger partial charge in [0.25, 0.3) is 0 Å². The lowest BCUT2D eigenvalue weighted by molar-refractivity contribution is 0.768. The van der Waals surface area contributed by atoms with Crippen LogP contribution in [0.1, 0.15) is 22.3 Å². The van der Waals surface area contributed by atoms with E-state index in [9.17, 15) is 0 Å². The van der Waals surface area contributed by atoms with Crippen molar-refractivity contribution in [3.05, 3.63) is 229 Å². The minimum absolute atomic E-state index is 0.529. The molecule has 4 heteroatoms. The fourth-order valence-electron chi connectivity index (χ4n) is 8.72. The van der Waals surface area contributed by atoms with Gasteiger partial charge in [0, 0.05) is 33.8 Å². The molecule has 0 bridgehead atoms. The summed E-state index contributed by atoms with van der Waals surface area (Å²) in [6, 6.07) is 70.9. The number of hydrogen-bond acceptors (Lipinski definition) is 4. The van der Waals surface area contributed by atoms with Crippen LogP contribution >= 0.6 is 0 Å². The zero-order valence-electron chi connectivity index (χ0n) is 30.9. The Labute approximate surface area is 330 Å². The number of hydrogen-bond donors (Lipinski definition) is 0. The van der Waals surface area contributed by atoms with Gasteiger partial charge in [-0.25, -0.2) is 15.0 Å². The molecule has 0 unspecified atom stereocenters. The molecule has 4 nitrogen and oxygen atoms in total. The van der Waals surface area contributed by atoms with E-state index in [1.54, 1.807) is 0 Å². The largest absolute Gasteiger partial charge is 0.256 e. The second-order valence-corrected chi connectivity index (χ2v) is 14.7. The van der Waals surface area contributed by atoms with E-state index in [0.717, 1.165) is 44.1 Å². The van der Waals surface area contributed by atoms with Crippen LogP contribution in [0.5, 0.6) is 0 Å². The molecule has 1 aliphatic rings. The fraction of sp³-hybridized carbons (Fsp3) is 0.0189.